The van der Waals surface area contributed by atoms with Gasteiger partial charge >= 0.3 is 0 Å². The van der Waals surface area contributed by atoms with Gasteiger partial charge in [-0.1, -0.05) is 26.0 Å². The van der Waals surface area contributed by atoms with Gasteiger partial charge in [0.25, 0.3) is 0 Å². The van der Waals surface area contributed by atoms with E-state index in [1.807, 2.05) is 26.8 Å². The monoisotopic (exact) mass is 275 g/mol. The summed E-state index contributed by atoms with van der Waals surface area (Å²) in [4.78, 5) is 0. The summed E-state index contributed by atoms with van der Waals surface area (Å²) >= 11 is 0. The molecule has 3 nitrogen and oxygen atoms in total. The minimum atomic E-state index is -0.228. The van der Waals surface area contributed by atoms with Crippen LogP contribution in [-0.2, 0) is 13.0 Å². The van der Waals surface area contributed by atoms with Crippen LogP contribution >= 0.6 is 0 Å². The molecule has 108 valence electrons. The summed E-state index contributed by atoms with van der Waals surface area (Å²) in [5, 5.41) is 7.78. The molecule has 1 heterocycles. The van der Waals surface area contributed by atoms with Crippen LogP contribution in [0.25, 0.3) is 5.69 Å². The molecule has 0 spiro atoms. The van der Waals surface area contributed by atoms with Crippen LogP contribution in [0.1, 0.15) is 36.4 Å². The predicted octanol–water partition coefficient (Wildman–Crippen LogP) is 3.30. The van der Waals surface area contributed by atoms with Crippen LogP contribution in [0.2, 0.25) is 0 Å². The van der Waals surface area contributed by atoms with Crippen molar-refractivity contribution in [3.63, 3.8) is 0 Å². The molecule has 4 heteroatoms. The molecule has 1 aromatic heterocycles. The fourth-order valence-electron chi connectivity index (χ4n) is 2.60. The number of benzene rings is 1. The van der Waals surface area contributed by atoms with Crippen LogP contribution in [0.4, 0.5) is 4.39 Å². The molecule has 1 N–H and O–H groups in total. The van der Waals surface area contributed by atoms with Crippen LogP contribution in [0.15, 0.2) is 18.2 Å². The van der Waals surface area contributed by atoms with Crippen LogP contribution in [-0.4, -0.2) is 16.3 Å². The summed E-state index contributed by atoms with van der Waals surface area (Å²) in [6, 6.07) is 5.19. The number of aryl methyl sites for hydroxylation is 1. The zero-order valence-corrected chi connectivity index (χ0v) is 12.6. The van der Waals surface area contributed by atoms with E-state index in [2.05, 4.69) is 17.3 Å². The molecule has 0 saturated carbocycles. The second kappa shape index (κ2) is 6.18. The Labute approximate surface area is 119 Å². The maximum atomic E-state index is 14.3. The van der Waals surface area contributed by atoms with Crippen molar-refractivity contribution in [2.45, 2.75) is 40.7 Å². The highest BCUT2D eigenvalue weighted by atomic mass is 19.1. The number of halogens is 1. The molecule has 0 atom stereocenters. The Morgan fingerprint density at radius 1 is 1.25 bits per heavy atom. The van der Waals surface area contributed by atoms with Gasteiger partial charge in [-0.25, -0.2) is 9.07 Å². The van der Waals surface area contributed by atoms with E-state index in [4.69, 9.17) is 0 Å². The molecule has 0 aliphatic heterocycles. The van der Waals surface area contributed by atoms with E-state index < -0.39 is 0 Å². The molecule has 0 unspecified atom stereocenters. The Kier molecular flexibility index (Phi) is 4.55. The lowest BCUT2D eigenvalue weighted by molar-refractivity contribution is 0.599. The third-order valence-corrected chi connectivity index (χ3v) is 3.64. The van der Waals surface area contributed by atoms with Gasteiger partial charge in [-0.2, -0.15) is 5.10 Å². The van der Waals surface area contributed by atoms with Crippen molar-refractivity contribution in [1.29, 1.82) is 0 Å². The van der Waals surface area contributed by atoms with Crippen molar-refractivity contribution >= 4 is 0 Å². The Balaban J connectivity index is 2.57. The van der Waals surface area contributed by atoms with Gasteiger partial charge in [0.15, 0.2) is 0 Å². The molecule has 2 aromatic rings. The smallest absolute Gasteiger partial charge is 0.149 e. The predicted molar refractivity (Wildman–Crippen MR) is 79.8 cm³/mol. The molecule has 0 aliphatic carbocycles. The number of rotatable bonds is 5. The van der Waals surface area contributed by atoms with Gasteiger partial charge < -0.3 is 5.32 Å². The van der Waals surface area contributed by atoms with Gasteiger partial charge in [0.2, 0.25) is 0 Å². The first-order valence-electron chi connectivity index (χ1n) is 7.13. The van der Waals surface area contributed by atoms with Crippen LogP contribution in [0.5, 0.6) is 0 Å². The third-order valence-electron chi connectivity index (χ3n) is 3.64. The molecule has 1 aromatic carbocycles. The molecular weight excluding hydrogens is 253 g/mol. The lowest BCUT2D eigenvalue weighted by Crippen LogP contribution is -2.15. The fraction of sp³-hybridized carbons (Fsp3) is 0.438. The highest BCUT2D eigenvalue weighted by Gasteiger charge is 2.17. The Morgan fingerprint density at radius 2 is 2.00 bits per heavy atom. The summed E-state index contributed by atoms with van der Waals surface area (Å²) in [6.45, 7) is 9.62. The largest absolute Gasteiger partial charge is 0.313 e. The summed E-state index contributed by atoms with van der Waals surface area (Å²) in [7, 11) is 0. The lowest BCUT2D eigenvalue weighted by atomic mass is 10.1. The Morgan fingerprint density at radius 3 is 2.60 bits per heavy atom. The molecule has 0 fully saturated rings. The Bertz CT molecular complexity index is 602. The molecule has 0 bridgehead atoms. The molecule has 0 radical (unpaired) electrons. The maximum Gasteiger partial charge on any atom is 0.149 e. The van der Waals surface area contributed by atoms with Crippen LogP contribution < -0.4 is 5.32 Å². The quantitative estimate of drug-likeness (QED) is 0.907. The number of hydrogen-bond acceptors (Lipinski definition) is 2. The van der Waals surface area contributed by atoms with Gasteiger partial charge in [0.1, 0.15) is 11.5 Å². The van der Waals surface area contributed by atoms with Crippen LogP contribution in [0.3, 0.4) is 0 Å². The van der Waals surface area contributed by atoms with Gasteiger partial charge in [-0.3, -0.25) is 0 Å². The SMILES string of the molecule is CCNCc1cccc(F)c1-n1nc(C)c(CC)c1C. The third kappa shape index (κ3) is 2.61. The normalized spacial score (nSPS) is 11.1. The van der Waals surface area contributed by atoms with Gasteiger partial charge in [-0.15, -0.1) is 0 Å². The minimum Gasteiger partial charge on any atom is -0.313 e. The minimum absolute atomic E-state index is 0.228. The van der Waals surface area contributed by atoms with Crippen molar-refractivity contribution in [3.05, 3.63) is 46.5 Å². The molecule has 0 aliphatic rings. The van der Waals surface area contributed by atoms with Gasteiger partial charge in [0, 0.05) is 12.2 Å². The topological polar surface area (TPSA) is 29.9 Å². The standard InChI is InChI=1S/C16H22FN3/c1-5-14-11(3)19-20(12(14)4)16-13(10-18-6-2)8-7-9-15(16)17/h7-9,18H,5-6,10H2,1-4H3. The van der Waals surface area contributed by atoms with E-state index in [1.54, 1.807) is 10.7 Å². The fourth-order valence-corrected chi connectivity index (χ4v) is 2.60. The summed E-state index contributed by atoms with van der Waals surface area (Å²) in [5.74, 6) is -0.228. The van der Waals surface area contributed by atoms with E-state index in [-0.39, 0.29) is 5.82 Å². The van der Waals surface area contributed by atoms with Crippen molar-refractivity contribution in [2.75, 3.05) is 6.54 Å². The number of para-hydroxylation sites is 1. The van der Waals surface area contributed by atoms with Crippen molar-refractivity contribution in [2.24, 2.45) is 0 Å². The zero-order chi connectivity index (χ0) is 14.7. The maximum absolute atomic E-state index is 14.3. The molecule has 20 heavy (non-hydrogen) atoms. The van der Waals surface area contributed by atoms with E-state index in [1.165, 1.54) is 11.6 Å². The average Bonchev–Trinajstić information content (AvgIpc) is 2.71. The Hall–Kier alpha value is -1.68. The molecule has 2 rings (SSSR count). The summed E-state index contributed by atoms with van der Waals surface area (Å²) < 4.78 is 16.0. The van der Waals surface area contributed by atoms with Gasteiger partial charge in [-0.05, 0) is 44.0 Å². The summed E-state index contributed by atoms with van der Waals surface area (Å²) in [5.41, 5.74) is 4.69. The number of nitrogens with one attached hydrogen (secondary N) is 1. The highest BCUT2D eigenvalue weighted by Crippen LogP contribution is 2.23. The first-order valence-corrected chi connectivity index (χ1v) is 7.13. The molecule has 0 amide bonds. The van der Waals surface area contributed by atoms with E-state index in [0.29, 0.717) is 12.2 Å². The highest BCUT2D eigenvalue weighted by molar-refractivity contribution is 5.45. The van der Waals surface area contributed by atoms with E-state index in [9.17, 15) is 4.39 Å². The lowest BCUT2D eigenvalue weighted by Gasteiger charge is -2.13. The average molecular weight is 275 g/mol. The van der Waals surface area contributed by atoms with E-state index in [0.717, 1.165) is 29.9 Å². The van der Waals surface area contributed by atoms with Gasteiger partial charge in [0.05, 0.1) is 5.69 Å². The first kappa shape index (κ1) is 14.7. The number of nitrogens with zero attached hydrogens (tertiary/aromatic N) is 2. The molecular formula is C16H22FN3. The van der Waals surface area contributed by atoms with E-state index >= 15 is 0 Å². The zero-order valence-electron chi connectivity index (χ0n) is 12.6. The first-order chi connectivity index (χ1) is 9.60. The summed E-state index contributed by atoms with van der Waals surface area (Å²) in [6.07, 6.45) is 0.911. The van der Waals surface area contributed by atoms with Crippen molar-refractivity contribution in [1.82, 2.24) is 15.1 Å². The van der Waals surface area contributed by atoms with Crippen LogP contribution in [0, 0.1) is 19.7 Å². The number of aromatic nitrogens is 2. The second-order valence-electron chi connectivity index (χ2n) is 4.94. The molecule has 0 saturated heterocycles. The number of hydrogen-bond donors (Lipinski definition) is 1. The van der Waals surface area contributed by atoms with Crippen molar-refractivity contribution < 1.29 is 4.39 Å². The van der Waals surface area contributed by atoms with Crippen molar-refractivity contribution in [3.8, 4) is 5.69 Å². The second-order valence-corrected chi connectivity index (χ2v) is 4.94.